The van der Waals surface area contributed by atoms with Gasteiger partial charge in [0.1, 0.15) is 6.26 Å². The minimum absolute atomic E-state index is 0. The van der Waals surface area contributed by atoms with Crippen molar-refractivity contribution < 1.29 is 4.52 Å². The molecule has 0 unspecified atom stereocenters. The van der Waals surface area contributed by atoms with E-state index in [1.165, 1.54) is 12.3 Å². The Morgan fingerprint density at radius 2 is 2.43 bits per heavy atom. The van der Waals surface area contributed by atoms with E-state index in [0.717, 1.165) is 0 Å². The third kappa shape index (κ3) is 1.45. The molecule has 0 aliphatic heterocycles. The molecule has 40 valence electrons. The lowest BCUT2D eigenvalue weighted by Crippen LogP contribution is -1.91. The highest BCUT2D eigenvalue weighted by Crippen LogP contribution is 1.62. The first-order valence-corrected chi connectivity index (χ1v) is 1.52. The molecule has 0 amide bonds. The molecule has 0 atom stereocenters. The second-order valence-corrected chi connectivity index (χ2v) is 0.887. The molecule has 0 aliphatic carbocycles. The molecular formula is C3H4ClNO2. The summed E-state index contributed by atoms with van der Waals surface area (Å²) in [6.45, 7) is 0. The van der Waals surface area contributed by atoms with Crippen molar-refractivity contribution in [1.29, 1.82) is 0 Å². The molecule has 1 heterocycles. The van der Waals surface area contributed by atoms with Crippen molar-refractivity contribution in [1.82, 2.24) is 5.16 Å². The lowest BCUT2D eigenvalue weighted by Gasteiger charge is -1.54. The fraction of sp³-hybridized carbons (Fsp3) is 0. The van der Waals surface area contributed by atoms with Crippen LogP contribution in [0.4, 0.5) is 0 Å². The quantitative estimate of drug-likeness (QED) is 0.540. The third-order valence-electron chi connectivity index (χ3n) is 0.447. The first-order chi connectivity index (χ1) is 2.89. The zero-order valence-electron chi connectivity index (χ0n) is 3.38. The molecule has 1 rings (SSSR count). The van der Waals surface area contributed by atoms with Gasteiger partial charge in [-0.2, -0.15) is 5.16 Å². The van der Waals surface area contributed by atoms with Gasteiger partial charge < -0.3 is 4.52 Å². The Kier molecular flexibility index (Phi) is 2.22. The molecule has 0 fully saturated rings. The maximum atomic E-state index is 9.92. The summed E-state index contributed by atoms with van der Waals surface area (Å²) in [5.41, 5.74) is -0.199. The van der Waals surface area contributed by atoms with Crippen molar-refractivity contribution in [3.8, 4) is 0 Å². The zero-order chi connectivity index (χ0) is 4.41. The summed E-state index contributed by atoms with van der Waals surface area (Å²) in [5.74, 6) is 0. The maximum absolute atomic E-state index is 9.92. The van der Waals surface area contributed by atoms with Gasteiger partial charge >= 0.3 is 0 Å². The molecule has 0 saturated heterocycles. The summed E-state index contributed by atoms with van der Waals surface area (Å²) in [4.78, 5) is 9.92. The Morgan fingerprint density at radius 3 is 2.57 bits per heavy atom. The lowest BCUT2D eigenvalue weighted by atomic mass is 10.8. The van der Waals surface area contributed by atoms with E-state index in [0.29, 0.717) is 0 Å². The van der Waals surface area contributed by atoms with Crippen molar-refractivity contribution in [2.45, 2.75) is 0 Å². The Hall–Kier alpha value is -0.700. The second kappa shape index (κ2) is 2.47. The number of hydrogen-bond acceptors (Lipinski definition) is 2. The predicted molar refractivity (Wildman–Crippen MR) is 26.6 cm³/mol. The molecule has 1 aromatic heterocycles. The smallest absolute Gasteiger partial charge is 0.279 e. The van der Waals surface area contributed by atoms with Crippen LogP contribution in [0.1, 0.15) is 0 Å². The molecule has 0 spiro atoms. The Bertz CT molecular complexity index is 151. The van der Waals surface area contributed by atoms with E-state index in [1.54, 1.807) is 0 Å². The molecule has 7 heavy (non-hydrogen) atoms. The SMILES string of the molecule is Cl.O=c1cco[nH]1. The van der Waals surface area contributed by atoms with Gasteiger partial charge in [0.2, 0.25) is 0 Å². The van der Waals surface area contributed by atoms with Crippen LogP contribution in [-0.4, -0.2) is 5.16 Å². The molecule has 1 aromatic rings. The molecule has 4 heteroatoms. The van der Waals surface area contributed by atoms with Crippen molar-refractivity contribution >= 4 is 12.4 Å². The highest BCUT2D eigenvalue weighted by molar-refractivity contribution is 5.85. The topological polar surface area (TPSA) is 46.0 Å². The van der Waals surface area contributed by atoms with Gasteiger partial charge in [0.25, 0.3) is 5.56 Å². The largest absolute Gasteiger partial charge is 0.387 e. The Balaban J connectivity index is 0.000000360. The molecule has 0 bridgehead atoms. The third-order valence-corrected chi connectivity index (χ3v) is 0.447. The van der Waals surface area contributed by atoms with Crippen LogP contribution < -0.4 is 5.56 Å². The highest BCUT2D eigenvalue weighted by atomic mass is 35.5. The average molecular weight is 122 g/mol. The van der Waals surface area contributed by atoms with Crippen molar-refractivity contribution in [2.75, 3.05) is 0 Å². The van der Waals surface area contributed by atoms with Gasteiger partial charge in [-0.15, -0.1) is 12.4 Å². The standard InChI is InChI=1S/C3H3NO2.ClH/c5-3-1-2-6-4-3;/h1-2H,(H,4,5);1H. The molecule has 3 nitrogen and oxygen atoms in total. The highest BCUT2D eigenvalue weighted by Gasteiger charge is 1.73. The van der Waals surface area contributed by atoms with Gasteiger partial charge in [-0.3, -0.25) is 4.79 Å². The van der Waals surface area contributed by atoms with E-state index in [2.05, 4.69) is 9.68 Å². The van der Waals surface area contributed by atoms with Crippen LogP contribution in [0.3, 0.4) is 0 Å². The fourth-order valence-electron chi connectivity index (χ4n) is 0.222. The second-order valence-electron chi connectivity index (χ2n) is 0.887. The first-order valence-electron chi connectivity index (χ1n) is 1.52. The molecule has 0 radical (unpaired) electrons. The lowest BCUT2D eigenvalue weighted by molar-refractivity contribution is 0.413. The van der Waals surface area contributed by atoms with Gasteiger partial charge in [0.05, 0.1) is 0 Å². The Morgan fingerprint density at radius 1 is 1.71 bits per heavy atom. The minimum atomic E-state index is -0.199. The summed E-state index contributed by atoms with van der Waals surface area (Å²) in [7, 11) is 0. The number of aromatic nitrogens is 1. The average Bonchev–Trinajstić information content (AvgIpc) is 1.86. The maximum Gasteiger partial charge on any atom is 0.279 e. The molecule has 0 aromatic carbocycles. The molecule has 0 aliphatic rings. The molecule has 0 saturated carbocycles. The van der Waals surface area contributed by atoms with E-state index < -0.39 is 0 Å². The van der Waals surface area contributed by atoms with Gasteiger partial charge in [-0.25, -0.2) is 0 Å². The predicted octanol–water partition coefficient (Wildman–Crippen LogP) is 0.390. The number of aromatic amines is 1. The van der Waals surface area contributed by atoms with E-state index in [-0.39, 0.29) is 18.0 Å². The molecule has 1 N–H and O–H groups in total. The van der Waals surface area contributed by atoms with Crippen LogP contribution in [-0.2, 0) is 0 Å². The molecular weight excluding hydrogens is 117 g/mol. The van der Waals surface area contributed by atoms with E-state index in [4.69, 9.17) is 0 Å². The Labute approximate surface area is 45.7 Å². The van der Waals surface area contributed by atoms with Crippen LogP contribution in [0.25, 0.3) is 0 Å². The number of hydrogen-bond donors (Lipinski definition) is 1. The van der Waals surface area contributed by atoms with Gasteiger partial charge in [-0.05, 0) is 0 Å². The first kappa shape index (κ1) is 6.30. The van der Waals surface area contributed by atoms with Crippen LogP contribution >= 0.6 is 12.4 Å². The van der Waals surface area contributed by atoms with Gasteiger partial charge in [0.15, 0.2) is 0 Å². The van der Waals surface area contributed by atoms with Crippen molar-refractivity contribution in [3.63, 3.8) is 0 Å². The number of halogens is 1. The van der Waals surface area contributed by atoms with Crippen LogP contribution in [0.15, 0.2) is 21.6 Å². The summed E-state index contributed by atoms with van der Waals surface area (Å²) in [6.07, 6.45) is 1.29. The van der Waals surface area contributed by atoms with Crippen LogP contribution in [0.5, 0.6) is 0 Å². The fourth-order valence-corrected chi connectivity index (χ4v) is 0.222. The van der Waals surface area contributed by atoms with E-state index >= 15 is 0 Å². The van der Waals surface area contributed by atoms with E-state index in [1.807, 2.05) is 0 Å². The monoisotopic (exact) mass is 121 g/mol. The summed E-state index contributed by atoms with van der Waals surface area (Å²) < 4.78 is 4.28. The summed E-state index contributed by atoms with van der Waals surface area (Å²) >= 11 is 0. The van der Waals surface area contributed by atoms with Crippen LogP contribution in [0, 0.1) is 0 Å². The van der Waals surface area contributed by atoms with Gasteiger partial charge in [-0.1, -0.05) is 0 Å². The summed E-state index contributed by atoms with van der Waals surface area (Å²) in [5, 5.41) is 2.07. The minimum Gasteiger partial charge on any atom is -0.387 e. The van der Waals surface area contributed by atoms with Crippen LogP contribution in [0.2, 0.25) is 0 Å². The number of nitrogens with one attached hydrogen (secondary N) is 1. The van der Waals surface area contributed by atoms with Gasteiger partial charge in [0, 0.05) is 6.07 Å². The zero-order valence-corrected chi connectivity index (χ0v) is 4.20. The number of rotatable bonds is 0. The van der Waals surface area contributed by atoms with E-state index in [9.17, 15) is 4.79 Å². The van der Waals surface area contributed by atoms with Crippen molar-refractivity contribution in [2.24, 2.45) is 0 Å². The van der Waals surface area contributed by atoms with Crippen molar-refractivity contribution in [3.05, 3.63) is 22.7 Å². The number of H-pyrrole nitrogens is 1. The summed E-state index contributed by atoms with van der Waals surface area (Å²) in [6, 6.07) is 1.31. The normalized spacial score (nSPS) is 7.43.